The van der Waals surface area contributed by atoms with Crippen molar-refractivity contribution in [3.63, 3.8) is 0 Å². The Morgan fingerprint density at radius 2 is 1.89 bits per heavy atom. The van der Waals surface area contributed by atoms with Crippen molar-refractivity contribution in [2.45, 2.75) is 25.9 Å². The van der Waals surface area contributed by atoms with Gasteiger partial charge in [-0.25, -0.2) is 4.39 Å². The summed E-state index contributed by atoms with van der Waals surface area (Å²) < 4.78 is 18.1. The van der Waals surface area contributed by atoms with Crippen LogP contribution in [-0.4, -0.2) is 42.4 Å². The third-order valence-electron chi connectivity index (χ3n) is 2.42. The summed E-state index contributed by atoms with van der Waals surface area (Å²) in [7, 11) is 1.97. The van der Waals surface area contributed by atoms with E-state index in [1.807, 2.05) is 7.05 Å². The van der Waals surface area contributed by atoms with Crippen molar-refractivity contribution in [2.24, 2.45) is 0 Å². The fraction of sp³-hybridized carbons (Fsp3) is 0.571. The molecule has 18 heavy (non-hydrogen) atoms. The number of ether oxygens (including phenoxy) is 1. The minimum absolute atomic E-state index is 0.257. The van der Waals surface area contributed by atoms with Crippen molar-refractivity contribution in [3.8, 4) is 5.75 Å². The van der Waals surface area contributed by atoms with Crippen molar-refractivity contribution in [1.29, 1.82) is 0 Å². The topological polar surface area (TPSA) is 32.7 Å². The standard InChI is InChI=1S/C14H22FNO2/c1-14(2,17)11-16(3)9-4-10-18-13-7-5-12(15)6-8-13/h5-8,17H,4,9-11H2,1-3H3. The van der Waals surface area contributed by atoms with E-state index in [-0.39, 0.29) is 5.82 Å². The van der Waals surface area contributed by atoms with Gasteiger partial charge in [-0.05, 0) is 51.6 Å². The lowest BCUT2D eigenvalue weighted by molar-refractivity contribution is 0.0433. The van der Waals surface area contributed by atoms with Crippen LogP contribution in [0.15, 0.2) is 24.3 Å². The first-order valence-corrected chi connectivity index (χ1v) is 6.16. The molecule has 0 fully saturated rings. The molecule has 1 aromatic carbocycles. The molecule has 1 aromatic rings. The second kappa shape index (κ2) is 6.71. The zero-order valence-electron chi connectivity index (χ0n) is 11.3. The van der Waals surface area contributed by atoms with Gasteiger partial charge in [0.15, 0.2) is 0 Å². The molecule has 0 atom stereocenters. The van der Waals surface area contributed by atoms with Crippen molar-refractivity contribution >= 4 is 0 Å². The van der Waals surface area contributed by atoms with Gasteiger partial charge in [-0.15, -0.1) is 0 Å². The quantitative estimate of drug-likeness (QED) is 0.759. The summed E-state index contributed by atoms with van der Waals surface area (Å²) in [5.41, 5.74) is -0.674. The minimum Gasteiger partial charge on any atom is -0.494 e. The molecule has 0 aromatic heterocycles. The molecular weight excluding hydrogens is 233 g/mol. The van der Waals surface area contributed by atoms with E-state index in [1.165, 1.54) is 12.1 Å². The largest absolute Gasteiger partial charge is 0.494 e. The monoisotopic (exact) mass is 255 g/mol. The first-order valence-electron chi connectivity index (χ1n) is 6.16. The lowest BCUT2D eigenvalue weighted by atomic mass is 10.1. The van der Waals surface area contributed by atoms with E-state index in [0.29, 0.717) is 18.9 Å². The Morgan fingerprint density at radius 1 is 1.28 bits per heavy atom. The maximum absolute atomic E-state index is 12.7. The van der Waals surface area contributed by atoms with E-state index in [1.54, 1.807) is 26.0 Å². The third-order valence-corrected chi connectivity index (χ3v) is 2.42. The number of hydrogen-bond acceptors (Lipinski definition) is 3. The molecule has 0 unspecified atom stereocenters. The summed E-state index contributed by atoms with van der Waals surface area (Å²) in [6, 6.07) is 6.01. The number of likely N-dealkylation sites (N-methyl/N-ethyl adjacent to an activating group) is 1. The van der Waals surface area contributed by atoms with Gasteiger partial charge in [-0.2, -0.15) is 0 Å². The maximum Gasteiger partial charge on any atom is 0.123 e. The molecule has 0 heterocycles. The van der Waals surface area contributed by atoms with Gasteiger partial charge in [-0.3, -0.25) is 0 Å². The Bertz CT molecular complexity index is 346. The molecule has 0 amide bonds. The molecule has 102 valence electrons. The molecule has 0 spiro atoms. The predicted molar refractivity (Wildman–Crippen MR) is 70.3 cm³/mol. The van der Waals surface area contributed by atoms with Crippen molar-refractivity contribution in [1.82, 2.24) is 4.90 Å². The fourth-order valence-corrected chi connectivity index (χ4v) is 1.79. The molecule has 0 aliphatic rings. The summed E-state index contributed by atoms with van der Waals surface area (Å²) in [6.07, 6.45) is 0.865. The van der Waals surface area contributed by atoms with E-state index in [9.17, 15) is 9.50 Å². The Morgan fingerprint density at radius 3 is 2.44 bits per heavy atom. The van der Waals surface area contributed by atoms with Crippen LogP contribution in [0, 0.1) is 5.82 Å². The molecule has 0 aliphatic heterocycles. The fourth-order valence-electron chi connectivity index (χ4n) is 1.79. The van der Waals surface area contributed by atoms with Gasteiger partial charge in [-0.1, -0.05) is 0 Å². The molecule has 3 nitrogen and oxygen atoms in total. The summed E-state index contributed by atoms with van der Waals surface area (Å²) in [4.78, 5) is 2.06. The van der Waals surface area contributed by atoms with Crippen LogP contribution in [0.3, 0.4) is 0 Å². The van der Waals surface area contributed by atoms with Crippen LogP contribution in [0.1, 0.15) is 20.3 Å². The van der Waals surface area contributed by atoms with E-state index in [0.717, 1.165) is 13.0 Å². The Balaban J connectivity index is 2.17. The van der Waals surface area contributed by atoms with E-state index in [2.05, 4.69) is 4.90 Å². The SMILES string of the molecule is CN(CCCOc1ccc(F)cc1)CC(C)(C)O. The summed E-state index contributed by atoms with van der Waals surface area (Å²) >= 11 is 0. The number of benzene rings is 1. The van der Waals surface area contributed by atoms with Crippen LogP contribution >= 0.6 is 0 Å². The highest BCUT2D eigenvalue weighted by atomic mass is 19.1. The summed E-state index contributed by atoms with van der Waals surface area (Å²) in [5, 5.41) is 9.64. The second-order valence-corrected chi connectivity index (χ2v) is 5.21. The average molecular weight is 255 g/mol. The zero-order valence-corrected chi connectivity index (χ0v) is 11.3. The van der Waals surface area contributed by atoms with Crippen LogP contribution < -0.4 is 4.74 Å². The van der Waals surface area contributed by atoms with E-state index in [4.69, 9.17) is 4.74 Å². The van der Waals surface area contributed by atoms with Crippen LogP contribution in [-0.2, 0) is 0 Å². The number of aliphatic hydroxyl groups is 1. The van der Waals surface area contributed by atoms with Crippen LogP contribution in [0.4, 0.5) is 4.39 Å². The lowest BCUT2D eigenvalue weighted by Crippen LogP contribution is -2.37. The van der Waals surface area contributed by atoms with E-state index < -0.39 is 5.60 Å². The highest BCUT2D eigenvalue weighted by molar-refractivity contribution is 5.21. The maximum atomic E-state index is 12.7. The number of halogens is 1. The number of nitrogens with zero attached hydrogens (tertiary/aromatic N) is 1. The van der Waals surface area contributed by atoms with Crippen LogP contribution in [0.25, 0.3) is 0 Å². The Hall–Kier alpha value is -1.13. The lowest BCUT2D eigenvalue weighted by Gasteiger charge is -2.25. The highest BCUT2D eigenvalue weighted by Crippen LogP contribution is 2.11. The van der Waals surface area contributed by atoms with Crippen LogP contribution in [0.2, 0.25) is 0 Å². The van der Waals surface area contributed by atoms with Gasteiger partial charge in [0.2, 0.25) is 0 Å². The summed E-state index contributed by atoms with van der Waals surface area (Å²) in [5.74, 6) is 0.425. The predicted octanol–water partition coefficient (Wildman–Crippen LogP) is 2.30. The molecule has 4 heteroatoms. The summed E-state index contributed by atoms with van der Waals surface area (Å²) in [6.45, 7) is 5.65. The van der Waals surface area contributed by atoms with Crippen LogP contribution in [0.5, 0.6) is 5.75 Å². The van der Waals surface area contributed by atoms with Gasteiger partial charge in [0.1, 0.15) is 11.6 Å². The van der Waals surface area contributed by atoms with Gasteiger partial charge >= 0.3 is 0 Å². The smallest absolute Gasteiger partial charge is 0.123 e. The van der Waals surface area contributed by atoms with Gasteiger partial charge in [0, 0.05) is 13.1 Å². The number of hydrogen-bond donors (Lipinski definition) is 1. The van der Waals surface area contributed by atoms with Crippen molar-refractivity contribution in [2.75, 3.05) is 26.7 Å². The Kier molecular flexibility index (Phi) is 5.56. The normalized spacial score (nSPS) is 11.9. The minimum atomic E-state index is -0.674. The molecule has 0 aliphatic carbocycles. The molecule has 1 N–H and O–H groups in total. The molecular formula is C14H22FNO2. The molecule has 1 rings (SSSR count). The van der Waals surface area contributed by atoms with E-state index >= 15 is 0 Å². The van der Waals surface area contributed by atoms with Crippen molar-refractivity contribution < 1.29 is 14.2 Å². The Labute approximate surface area is 108 Å². The first kappa shape index (κ1) is 14.9. The molecule has 0 saturated heterocycles. The van der Waals surface area contributed by atoms with Gasteiger partial charge in [0.05, 0.1) is 12.2 Å². The first-order chi connectivity index (χ1) is 8.37. The van der Waals surface area contributed by atoms with Gasteiger partial charge in [0.25, 0.3) is 0 Å². The molecule has 0 saturated carbocycles. The second-order valence-electron chi connectivity index (χ2n) is 5.21. The molecule has 0 bridgehead atoms. The average Bonchev–Trinajstić information content (AvgIpc) is 2.24. The number of rotatable bonds is 7. The van der Waals surface area contributed by atoms with Gasteiger partial charge < -0.3 is 14.7 Å². The van der Waals surface area contributed by atoms with Crippen molar-refractivity contribution in [3.05, 3.63) is 30.1 Å². The third kappa shape index (κ3) is 6.57. The molecule has 0 radical (unpaired) electrons. The zero-order chi connectivity index (χ0) is 13.6. The highest BCUT2D eigenvalue weighted by Gasteiger charge is 2.14.